The van der Waals surface area contributed by atoms with E-state index in [1.807, 2.05) is 0 Å². The fourth-order valence-electron chi connectivity index (χ4n) is 2.43. The molecule has 0 aromatic heterocycles. The van der Waals surface area contributed by atoms with Gasteiger partial charge >= 0.3 is 0 Å². The summed E-state index contributed by atoms with van der Waals surface area (Å²) < 4.78 is 13.1. The standard InChI is InChI=1S/C16H11ClFNO2/c1-9-6-12(18)4-2-10(9)8-19-14-7-11(17)3-5-13(14)15(20)16(19)21/h2-7H,8H2,1H3. The molecule has 0 N–H and O–H groups in total. The maximum atomic E-state index is 13.1. The first-order valence-electron chi connectivity index (χ1n) is 6.38. The summed E-state index contributed by atoms with van der Waals surface area (Å²) in [7, 11) is 0. The zero-order valence-corrected chi connectivity index (χ0v) is 11.9. The molecule has 0 saturated carbocycles. The lowest BCUT2D eigenvalue weighted by Gasteiger charge is -2.18. The predicted octanol–water partition coefficient (Wildman–Crippen LogP) is 3.52. The molecule has 0 unspecified atom stereocenters. The molecule has 0 atom stereocenters. The Morgan fingerprint density at radius 2 is 1.90 bits per heavy atom. The van der Waals surface area contributed by atoms with Gasteiger partial charge in [0.25, 0.3) is 11.7 Å². The molecule has 1 amide bonds. The van der Waals surface area contributed by atoms with Crippen LogP contribution in [0.4, 0.5) is 10.1 Å². The van der Waals surface area contributed by atoms with Crippen LogP contribution < -0.4 is 4.90 Å². The van der Waals surface area contributed by atoms with E-state index in [4.69, 9.17) is 11.6 Å². The number of benzene rings is 2. The summed E-state index contributed by atoms with van der Waals surface area (Å²) in [5.74, 6) is -1.46. The van der Waals surface area contributed by atoms with Gasteiger partial charge in [0.15, 0.2) is 0 Å². The molecule has 0 fully saturated rings. The van der Waals surface area contributed by atoms with Crippen LogP contribution in [0.3, 0.4) is 0 Å². The number of aryl methyl sites for hydroxylation is 1. The number of amides is 1. The molecule has 3 rings (SSSR count). The molecule has 2 aromatic carbocycles. The number of hydrogen-bond donors (Lipinski definition) is 0. The molecule has 0 spiro atoms. The zero-order valence-electron chi connectivity index (χ0n) is 11.2. The lowest BCUT2D eigenvalue weighted by atomic mass is 10.1. The summed E-state index contributed by atoms with van der Waals surface area (Å²) in [5.41, 5.74) is 2.36. The van der Waals surface area contributed by atoms with Crippen molar-refractivity contribution in [3.63, 3.8) is 0 Å². The average Bonchev–Trinajstić information content (AvgIpc) is 2.66. The number of rotatable bonds is 2. The normalized spacial score (nSPS) is 13.8. The van der Waals surface area contributed by atoms with Gasteiger partial charge in [-0.15, -0.1) is 0 Å². The molecule has 2 aromatic rings. The Kier molecular flexibility index (Phi) is 3.26. The van der Waals surface area contributed by atoms with E-state index < -0.39 is 11.7 Å². The minimum absolute atomic E-state index is 0.212. The molecule has 0 saturated heterocycles. The predicted molar refractivity (Wildman–Crippen MR) is 78.1 cm³/mol. The molecule has 0 aliphatic carbocycles. The zero-order chi connectivity index (χ0) is 15.1. The van der Waals surface area contributed by atoms with Crippen LogP contribution in [-0.2, 0) is 11.3 Å². The van der Waals surface area contributed by atoms with Gasteiger partial charge in [-0.05, 0) is 48.4 Å². The second kappa shape index (κ2) is 4.97. The summed E-state index contributed by atoms with van der Waals surface area (Å²) in [4.78, 5) is 25.4. The van der Waals surface area contributed by atoms with Crippen molar-refractivity contribution < 1.29 is 14.0 Å². The van der Waals surface area contributed by atoms with E-state index in [-0.39, 0.29) is 12.4 Å². The second-order valence-corrected chi connectivity index (χ2v) is 5.39. The number of Topliss-reactive ketones (excluding diaryl/α,β-unsaturated/α-hetero) is 1. The van der Waals surface area contributed by atoms with Crippen molar-refractivity contribution in [1.29, 1.82) is 0 Å². The van der Waals surface area contributed by atoms with Crippen molar-refractivity contribution in [3.8, 4) is 0 Å². The lowest BCUT2D eigenvalue weighted by molar-refractivity contribution is -0.114. The van der Waals surface area contributed by atoms with Crippen LogP contribution >= 0.6 is 11.6 Å². The van der Waals surface area contributed by atoms with Gasteiger partial charge in [-0.2, -0.15) is 0 Å². The Labute approximate surface area is 125 Å². The Morgan fingerprint density at radius 3 is 2.62 bits per heavy atom. The fraction of sp³-hybridized carbons (Fsp3) is 0.125. The highest BCUT2D eigenvalue weighted by atomic mass is 35.5. The van der Waals surface area contributed by atoms with Gasteiger partial charge in [-0.25, -0.2) is 4.39 Å². The van der Waals surface area contributed by atoms with Gasteiger partial charge in [-0.1, -0.05) is 17.7 Å². The van der Waals surface area contributed by atoms with Crippen LogP contribution in [0.25, 0.3) is 0 Å². The number of halogens is 2. The van der Waals surface area contributed by atoms with Gasteiger partial charge in [-0.3, -0.25) is 9.59 Å². The summed E-state index contributed by atoms with van der Waals surface area (Å²) in [6.07, 6.45) is 0. The smallest absolute Gasteiger partial charge is 0.299 e. The number of carbonyl (C=O) groups excluding carboxylic acids is 2. The van der Waals surface area contributed by atoms with Crippen LogP contribution in [0.1, 0.15) is 21.5 Å². The summed E-state index contributed by atoms with van der Waals surface area (Å²) in [5, 5.41) is 0.456. The Hall–Kier alpha value is -2.20. The number of nitrogens with zero attached hydrogens (tertiary/aromatic N) is 1. The third-order valence-electron chi connectivity index (χ3n) is 3.57. The van der Waals surface area contributed by atoms with Gasteiger partial charge in [0.05, 0.1) is 17.8 Å². The van der Waals surface area contributed by atoms with Gasteiger partial charge in [0, 0.05) is 5.02 Å². The Morgan fingerprint density at radius 1 is 1.14 bits per heavy atom. The van der Waals surface area contributed by atoms with E-state index in [2.05, 4.69) is 0 Å². The topological polar surface area (TPSA) is 37.4 Å². The minimum Gasteiger partial charge on any atom is -0.300 e. The van der Waals surface area contributed by atoms with E-state index >= 15 is 0 Å². The molecule has 3 nitrogen and oxygen atoms in total. The van der Waals surface area contributed by atoms with Crippen molar-refractivity contribution in [2.24, 2.45) is 0 Å². The third kappa shape index (κ3) is 2.32. The summed E-state index contributed by atoms with van der Waals surface area (Å²) >= 11 is 5.94. The molecule has 0 radical (unpaired) electrons. The number of ketones is 1. The van der Waals surface area contributed by atoms with Crippen molar-refractivity contribution in [2.75, 3.05) is 4.90 Å². The Bertz CT molecular complexity index is 773. The summed E-state index contributed by atoms with van der Waals surface area (Å²) in [6, 6.07) is 9.08. The van der Waals surface area contributed by atoms with Crippen molar-refractivity contribution >= 4 is 29.0 Å². The minimum atomic E-state index is -0.587. The number of hydrogen-bond acceptors (Lipinski definition) is 2. The van der Waals surface area contributed by atoms with Gasteiger partial charge < -0.3 is 4.90 Å². The SMILES string of the molecule is Cc1cc(F)ccc1CN1C(=O)C(=O)c2ccc(Cl)cc21. The first kappa shape index (κ1) is 13.8. The van der Waals surface area contributed by atoms with Gasteiger partial charge in [0.2, 0.25) is 0 Å². The van der Waals surface area contributed by atoms with E-state index in [9.17, 15) is 14.0 Å². The fourth-order valence-corrected chi connectivity index (χ4v) is 2.60. The highest BCUT2D eigenvalue weighted by Gasteiger charge is 2.35. The largest absolute Gasteiger partial charge is 0.300 e. The van der Waals surface area contributed by atoms with Crippen molar-refractivity contribution in [1.82, 2.24) is 0 Å². The quantitative estimate of drug-likeness (QED) is 0.796. The van der Waals surface area contributed by atoms with Crippen molar-refractivity contribution in [2.45, 2.75) is 13.5 Å². The van der Waals surface area contributed by atoms with Crippen LogP contribution in [0, 0.1) is 12.7 Å². The Balaban J connectivity index is 2.02. The monoisotopic (exact) mass is 303 g/mol. The maximum absolute atomic E-state index is 13.1. The average molecular weight is 304 g/mol. The van der Waals surface area contributed by atoms with E-state index in [0.29, 0.717) is 16.3 Å². The number of anilines is 1. The molecule has 0 bridgehead atoms. The van der Waals surface area contributed by atoms with E-state index in [0.717, 1.165) is 11.1 Å². The molecule has 106 valence electrons. The molecule has 1 aliphatic rings. The van der Waals surface area contributed by atoms with Crippen LogP contribution in [0.2, 0.25) is 5.02 Å². The highest BCUT2D eigenvalue weighted by molar-refractivity contribution is 6.52. The van der Waals surface area contributed by atoms with E-state index in [1.54, 1.807) is 31.2 Å². The van der Waals surface area contributed by atoms with E-state index in [1.165, 1.54) is 17.0 Å². The molecular weight excluding hydrogens is 293 g/mol. The number of carbonyl (C=O) groups is 2. The number of fused-ring (bicyclic) bond motifs is 1. The van der Waals surface area contributed by atoms with Gasteiger partial charge in [0.1, 0.15) is 5.82 Å². The lowest BCUT2D eigenvalue weighted by Crippen LogP contribution is -2.29. The second-order valence-electron chi connectivity index (χ2n) is 4.95. The van der Waals surface area contributed by atoms with Crippen LogP contribution in [0.5, 0.6) is 0 Å². The maximum Gasteiger partial charge on any atom is 0.299 e. The van der Waals surface area contributed by atoms with Crippen LogP contribution in [-0.4, -0.2) is 11.7 Å². The van der Waals surface area contributed by atoms with Crippen molar-refractivity contribution in [3.05, 3.63) is 63.9 Å². The highest BCUT2D eigenvalue weighted by Crippen LogP contribution is 2.33. The molecule has 1 heterocycles. The molecule has 21 heavy (non-hydrogen) atoms. The first-order valence-corrected chi connectivity index (χ1v) is 6.76. The molecular formula is C16H11ClFNO2. The first-order chi connectivity index (χ1) is 9.97. The third-order valence-corrected chi connectivity index (χ3v) is 3.80. The summed E-state index contributed by atoms with van der Waals surface area (Å²) in [6.45, 7) is 1.98. The van der Waals surface area contributed by atoms with Crippen LogP contribution in [0.15, 0.2) is 36.4 Å². The molecule has 5 heteroatoms. The molecule has 1 aliphatic heterocycles.